The smallest absolute Gasteiger partial charge is 0.220 e. The van der Waals surface area contributed by atoms with Gasteiger partial charge in [-0.3, -0.25) is 4.79 Å². The number of rotatable bonds is 4. The van der Waals surface area contributed by atoms with Gasteiger partial charge in [-0.15, -0.1) is 0 Å². The van der Waals surface area contributed by atoms with Crippen molar-refractivity contribution in [3.8, 4) is 0 Å². The first-order chi connectivity index (χ1) is 7.75. The van der Waals surface area contributed by atoms with Gasteiger partial charge in [0.05, 0.1) is 0 Å². The van der Waals surface area contributed by atoms with Crippen LogP contribution in [0, 0.1) is 11.8 Å². The summed E-state index contributed by atoms with van der Waals surface area (Å²) in [6, 6.07) is 0.772. The number of hydrogen-bond acceptors (Lipinski definition) is 2. The summed E-state index contributed by atoms with van der Waals surface area (Å²) in [6.07, 6.45) is 9.87. The summed E-state index contributed by atoms with van der Waals surface area (Å²) >= 11 is 0. The van der Waals surface area contributed by atoms with Gasteiger partial charge >= 0.3 is 0 Å². The molecule has 0 saturated heterocycles. The molecule has 3 nitrogen and oxygen atoms in total. The number of carbonyl (C=O) groups excluding carboxylic acids is 1. The van der Waals surface area contributed by atoms with E-state index < -0.39 is 0 Å². The monoisotopic (exact) mass is 224 g/mol. The molecule has 0 aliphatic heterocycles. The van der Waals surface area contributed by atoms with E-state index in [0.29, 0.717) is 0 Å². The molecule has 0 aromatic heterocycles. The third kappa shape index (κ3) is 3.21. The van der Waals surface area contributed by atoms with Crippen LogP contribution in [-0.2, 0) is 4.79 Å². The average Bonchev–Trinajstić information content (AvgIpc) is 2.80. The molecule has 16 heavy (non-hydrogen) atoms. The van der Waals surface area contributed by atoms with Gasteiger partial charge in [-0.05, 0) is 51.0 Å². The standard InChI is InChI=1S/C13H24N2O/c14-13(16)11-7-5-10(6-8-11)9-15-12-3-1-2-4-12/h10-12,15H,1-9H2,(H2,14,16). The van der Waals surface area contributed by atoms with E-state index in [0.717, 1.165) is 31.3 Å². The van der Waals surface area contributed by atoms with Gasteiger partial charge in [-0.1, -0.05) is 12.8 Å². The van der Waals surface area contributed by atoms with Crippen molar-refractivity contribution in [1.29, 1.82) is 0 Å². The van der Waals surface area contributed by atoms with Gasteiger partial charge in [-0.2, -0.15) is 0 Å². The lowest BCUT2D eigenvalue weighted by Crippen LogP contribution is -2.35. The normalized spacial score (nSPS) is 31.8. The van der Waals surface area contributed by atoms with Crippen molar-refractivity contribution in [2.24, 2.45) is 17.6 Å². The molecular formula is C13H24N2O. The predicted octanol–water partition coefficient (Wildman–Crippen LogP) is 1.81. The van der Waals surface area contributed by atoms with E-state index in [2.05, 4.69) is 5.32 Å². The van der Waals surface area contributed by atoms with Gasteiger partial charge in [0, 0.05) is 12.0 Å². The molecule has 0 aromatic carbocycles. The molecule has 2 fully saturated rings. The highest BCUT2D eigenvalue weighted by molar-refractivity contribution is 5.76. The summed E-state index contributed by atoms with van der Waals surface area (Å²) in [5.74, 6) is 0.834. The molecule has 1 amide bonds. The fraction of sp³-hybridized carbons (Fsp3) is 0.923. The second-order valence-electron chi connectivity index (χ2n) is 5.51. The number of nitrogens with two attached hydrogens (primary N) is 1. The molecule has 0 atom stereocenters. The summed E-state index contributed by atoms with van der Waals surface area (Å²) < 4.78 is 0. The maximum absolute atomic E-state index is 11.0. The highest BCUT2D eigenvalue weighted by Gasteiger charge is 2.25. The van der Waals surface area contributed by atoms with E-state index >= 15 is 0 Å². The van der Waals surface area contributed by atoms with E-state index in [1.807, 2.05) is 0 Å². The van der Waals surface area contributed by atoms with Crippen LogP contribution in [0.25, 0.3) is 0 Å². The molecule has 0 aromatic rings. The van der Waals surface area contributed by atoms with Crippen LogP contribution in [0.5, 0.6) is 0 Å². The fourth-order valence-electron chi connectivity index (χ4n) is 3.11. The minimum atomic E-state index is -0.0952. The number of nitrogens with one attached hydrogen (secondary N) is 1. The summed E-state index contributed by atoms with van der Waals surface area (Å²) in [5.41, 5.74) is 5.33. The molecule has 3 heteroatoms. The van der Waals surface area contributed by atoms with Crippen LogP contribution in [0.4, 0.5) is 0 Å². The Bertz CT molecular complexity index is 228. The highest BCUT2D eigenvalue weighted by Crippen LogP contribution is 2.28. The molecule has 2 saturated carbocycles. The fourth-order valence-corrected chi connectivity index (χ4v) is 3.11. The summed E-state index contributed by atoms with van der Waals surface area (Å²) in [6.45, 7) is 1.15. The molecular weight excluding hydrogens is 200 g/mol. The number of amides is 1. The van der Waals surface area contributed by atoms with Crippen molar-refractivity contribution >= 4 is 5.91 Å². The molecule has 0 bridgehead atoms. The van der Waals surface area contributed by atoms with Crippen molar-refractivity contribution in [2.45, 2.75) is 57.4 Å². The number of hydrogen-bond donors (Lipinski definition) is 2. The molecule has 2 aliphatic rings. The van der Waals surface area contributed by atoms with Gasteiger partial charge in [0.1, 0.15) is 0 Å². The Morgan fingerprint density at radius 1 is 1.06 bits per heavy atom. The largest absolute Gasteiger partial charge is 0.369 e. The minimum Gasteiger partial charge on any atom is -0.369 e. The van der Waals surface area contributed by atoms with Crippen molar-refractivity contribution in [1.82, 2.24) is 5.32 Å². The summed E-state index contributed by atoms with van der Waals surface area (Å²) in [7, 11) is 0. The lowest BCUT2D eigenvalue weighted by molar-refractivity contribution is -0.122. The zero-order chi connectivity index (χ0) is 11.4. The zero-order valence-electron chi connectivity index (χ0n) is 10.1. The molecule has 3 N–H and O–H groups in total. The lowest BCUT2D eigenvalue weighted by atomic mass is 9.81. The minimum absolute atomic E-state index is 0.0952. The van der Waals surface area contributed by atoms with Crippen LogP contribution in [0.3, 0.4) is 0 Å². The topological polar surface area (TPSA) is 55.1 Å². The summed E-state index contributed by atoms with van der Waals surface area (Å²) in [4.78, 5) is 11.0. The maximum atomic E-state index is 11.0. The van der Waals surface area contributed by atoms with Crippen LogP contribution >= 0.6 is 0 Å². The second kappa shape index (κ2) is 5.67. The van der Waals surface area contributed by atoms with Gasteiger partial charge < -0.3 is 11.1 Å². The second-order valence-corrected chi connectivity index (χ2v) is 5.51. The van der Waals surface area contributed by atoms with E-state index in [9.17, 15) is 4.79 Å². The lowest BCUT2D eigenvalue weighted by Gasteiger charge is -2.27. The van der Waals surface area contributed by atoms with Crippen LogP contribution < -0.4 is 11.1 Å². The van der Waals surface area contributed by atoms with Crippen LogP contribution in [0.15, 0.2) is 0 Å². The van der Waals surface area contributed by atoms with E-state index in [1.165, 1.54) is 38.5 Å². The molecule has 92 valence electrons. The third-order valence-electron chi connectivity index (χ3n) is 4.30. The first-order valence-electron chi connectivity index (χ1n) is 6.78. The summed E-state index contributed by atoms with van der Waals surface area (Å²) in [5, 5.41) is 3.68. The molecule has 0 unspecified atom stereocenters. The van der Waals surface area contributed by atoms with Crippen LogP contribution in [0.2, 0.25) is 0 Å². The Balaban J connectivity index is 1.63. The number of carbonyl (C=O) groups is 1. The first-order valence-corrected chi connectivity index (χ1v) is 6.78. The van der Waals surface area contributed by atoms with Gasteiger partial charge in [0.25, 0.3) is 0 Å². The zero-order valence-corrected chi connectivity index (χ0v) is 10.1. The van der Waals surface area contributed by atoms with E-state index in [4.69, 9.17) is 5.73 Å². The Morgan fingerprint density at radius 2 is 1.69 bits per heavy atom. The Labute approximate surface area is 98.2 Å². The first kappa shape index (κ1) is 11.9. The number of primary amides is 1. The van der Waals surface area contributed by atoms with Gasteiger partial charge in [0.15, 0.2) is 0 Å². The van der Waals surface area contributed by atoms with Crippen LogP contribution in [0.1, 0.15) is 51.4 Å². The van der Waals surface area contributed by atoms with E-state index in [-0.39, 0.29) is 11.8 Å². The van der Waals surface area contributed by atoms with Crippen molar-refractivity contribution < 1.29 is 4.79 Å². The van der Waals surface area contributed by atoms with Crippen molar-refractivity contribution in [3.63, 3.8) is 0 Å². The average molecular weight is 224 g/mol. The molecule has 0 spiro atoms. The molecule has 0 radical (unpaired) electrons. The SMILES string of the molecule is NC(=O)C1CCC(CNC2CCCC2)CC1. The predicted molar refractivity (Wildman–Crippen MR) is 64.9 cm³/mol. The Hall–Kier alpha value is -0.570. The Kier molecular flexibility index (Phi) is 4.22. The molecule has 0 heterocycles. The van der Waals surface area contributed by atoms with Crippen molar-refractivity contribution in [2.75, 3.05) is 6.54 Å². The quantitative estimate of drug-likeness (QED) is 0.765. The van der Waals surface area contributed by atoms with Gasteiger partial charge in [-0.25, -0.2) is 0 Å². The third-order valence-corrected chi connectivity index (χ3v) is 4.30. The molecule has 2 aliphatic carbocycles. The Morgan fingerprint density at radius 3 is 2.25 bits per heavy atom. The van der Waals surface area contributed by atoms with E-state index in [1.54, 1.807) is 0 Å². The highest BCUT2D eigenvalue weighted by atomic mass is 16.1. The molecule has 2 rings (SSSR count). The van der Waals surface area contributed by atoms with Crippen LogP contribution in [-0.4, -0.2) is 18.5 Å². The maximum Gasteiger partial charge on any atom is 0.220 e. The van der Waals surface area contributed by atoms with Gasteiger partial charge in [0.2, 0.25) is 5.91 Å². The van der Waals surface area contributed by atoms with Crippen molar-refractivity contribution in [3.05, 3.63) is 0 Å².